The second kappa shape index (κ2) is 7.25. The minimum atomic E-state index is -0.153. The van der Waals surface area contributed by atoms with Gasteiger partial charge >= 0.3 is 0 Å². The second-order valence-electron chi connectivity index (χ2n) is 5.25. The van der Waals surface area contributed by atoms with Crippen LogP contribution in [-0.4, -0.2) is 23.6 Å². The van der Waals surface area contributed by atoms with Crippen LogP contribution in [0.4, 0.5) is 0 Å². The van der Waals surface area contributed by atoms with Crippen LogP contribution in [0.5, 0.6) is 0 Å². The Kier molecular flexibility index (Phi) is 5.36. The highest BCUT2D eigenvalue weighted by Crippen LogP contribution is 2.16. The first-order chi connectivity index (χ1) is 9.70. The van der Waals surface area contributed by atoms with Gasteiger partial charge in [-0.2, -0.15) is 0 Å². The van der Waals surface area contributed by atoms with Gasteiger partial charge in [-0.15, -0.1) is 0 Å². The molecule has 108 valence electrons. The van der Waals surface area contributed by atoms with Crippen molar-refractivity contribution in [1.82, 2.24) is 4.90 Å². The number of likely N-dealkylation sites (tertiary alicyclic amines) is 1. The van der Waals surface area contributed by atoms with Crippen LogP contribution in [0.2, 0.25) is 0 Å². The van der Waals surface area contributed by atoms with Crippen molar-refractivity contribution >= 4 is 12.0 Å². The van der Waals surface area contributed by atoms with E-state index >= 15 is 0 Å². The first-order valence-corrected chi connectivity index (χ1v) is 7.33. The van der Waals surface area contributed by atoms with Crippen LogP contribution in [0.3, 0.4) is 0 Å². The van der Waals surface area contributed by atoms with Crippen LogP contribution in [0, 0.1) is 0 Å². The summed E-state index contributed by atoms with van der Waals surface area (Å²) in [5.74, 6) is 0.219. The number of amides is 1. The predicted octanol–water partition coefficient (Wildman–Crippen LogP) is 3.59. The maximum absolute atomic E-state index is 12.0. The maximum Gasteiger partial charge on any atom is 0.224 e. The topological polar surface area (TPSA) is 29.5 Å². The largest absolute Gasteiger partial charge is 0.354 e. The lowest BCUT2D eigenvalue weighted by Gasteiger charge is -2.28. The third-order valence-corrected chi connectivity index (χ3v) is 3.76. The number of nitrogens with zero attached hydrogens (tertiary/aromatic N) is 1. The maximum atomic E-state index is 12.0. The zero-order chi connectivity index (χ0) is 14.4. The predicted molar refractivity (Wildman–Crippen MR) is 81.0 cm³/mol. The Morgan fingerprint density at radius 1 is 1.30 bits per heavy atom. The summed E-state index contributed by atoms with van der Waals surface area (Å²) < 4.78 is 5.85. The van der Waals surface area contributed by atoms with Gasteiger partial charge in [-0.3, -0.25) is 4.79 Å². The van der Waals surface area contributed by atoms with E-state index < -0.39 is 0 Å². The molecule has 1 heterocycles. The second-order valence-corrected chi connectivity index (χ2v) is 5.25. The molecule has 0 aromatic heterocycles. The quantitative estimate of drug-likeness (QED) is 0.820. The van der Waals surface area contributed by atoms with E-state index in [0.717, 1.165) is 36.9 Å². The van der Waals surface area contributed by atoms with Gasteiger partial charge < -0.3 is 9.64 Å². The molecule has 1 saturated heterocycles. The van der Waals surface area contributed by atoms with E-state index in [0.29, 0.717) is 13.0 Å². The molecule has 1 aromatic carbocycles. The molecule has 1 unspecified atom stereocenters. The van der Waals surface area contributed by atoms with Crippen molar-refractivity contribution in [2.75, 3.05) is 6.54 Å². The number of ether oxygens (including phenoxy) is 1. The van der Waals surface area contributed by atoms with Gasteiger partial charge in [0.1, 0.15) is 6.23 Å². The van der Waals surface area contributed by atoms with E-state index in [1.165, 1.54) is 0 Å². The number of hydrogen-bond donors (Lipinski definition) is 0. The zero-order valence-electron chi connectivity index (χ0n) is 12.2. The number of carbonyl (C=O) groups is 1. The minimum absolute atomic E-state index is 0.153. The molecule has 0 aliphatic carbocycles. The van der Waals surface area contributed by atoms with E-state index in [-0.39, 0.29) is 12.1 Å². The van der Waals surface area contributed by atoms with Gasteiger partial charge in [-0.05, 0) is 30.9 Å². The first kappa shape index (κ1) is 14.8. The lowest BCUT2D eigenvalue weighted by Crippen LogP contribution is -2.39. The average molecular weight is 273 g/mol. The van der Waals surface area contributed by atoms with Gasteiger partial charge in [-0.25, -0.2) is 0 Å². The fourth-order valence-corrected chi connectivity index (χ4v) is 2.44. The molecule has 1 atom stereocenters. The summed E-state index contributed by atoms with van der Waals surface area (Å²) in [5, 5.41) is 0. The third-order valence-electron chi connectivity index (χ3n) is 3.76. The molecule has 3 nitrogen and oxygen atoms in total. The Morgan fingerprint density at radius 2 is 2.05 bits per heavy atom. The Labute approximate surface area is 121 Å². The van der Waals surface area contributed by atoms with E-state index in [4.69, 9.17) is 4.74 Å². The Bertz CT molecular complexity index is 453. The summed E-state index contributed by atoms with van der Waals surface area (Å²) in [6, 6.07) is 8.11. The molecule has 0 radical (unpaired) electrons. The molecule has 0 bridgehead atoms. The SMILES string of the molecule is C=Cc1ccc(COC(C)N2CCCCCC2=O)cc1. The molecule has 1 aliphatic heterocycles. The number of carbonyl (C=O) groups excluding carboxylic acids is 1. The molecule has 0 saturated carbocycles. The van der Waals surface area contributed by atoms with Gasteiger partial charge in [0.2, 0.25) is 5.91 Å². The normalized spacial score (nSPS) is 17.6. The van der Waals surface area contributed by atoms with Crippen molar-refractivity contribution in [2.24, 2.45) is 0 Å². The molecule has 1 fully saturated rings. The summed E-state index contributed by atoms with van der Waals surface area (Å²) in [6.45, 7) is 7.04. The molecule has 3 heteroatoms. The van der Waals surface area contributed by atoms with Crippen LogP contribution < -0.4 is 0 Å². The number of rotatable bonds is 5. The van der Waals surface area contributed by atoms with Gasteiger partial charge in [0.25, 0.3) is 0 Å². The van der Waals surface area contributed by atoms with E-state index in [1.54, 1.807) is 0 Å². The van der Waals surface area contributed by atoms with E-state index in [1.807, 2.05) is 42.2 Å². The van der Waals surface area contributed by atoms with Crippen LogP contribution in [0.25, 0.3) is 6.08 Å². The highest BCUT2D eigenvalue weighted by atomic mass is 16.5. The highest BCUT2D eigenvalue weighted by molar-refractivity contribution is 5.76. The molecular formula is C17H23NO2. The van der Waals surface area contributed by atoms with Crippen molar-refractivity contribution in [3.05, 3.63) is 42.0 Å². The molecule has 2 rings (SSSR count). The first-order valence-electron chi connectivity index (χ1n) is 7.33. The fourth-order valence-electron chi connectivity index (χ4n) is 2.44. The molecule has 1 aromatic rings. The molecule has 20 heavy (non-hydrogen) atoms. The Balaban J connectivity index is 1.88. The van der Waals surface area contributed by atoms with E-state index in [9.17, 15) is 4.79 Å². The van der Waals surface area contributed by atoms with Gasteiger partial charge in [-0.1, -0.05) is 43.3 Å². The monoisotopic (exact) mass is 273 g/mol. The van der Waals surface area contributed by atoms with Gasteiger partial charge in [0.15, 0.2) is 0 Å². The molecule has 1 amide bonds. The summed E-state index contributed by atoms with van der Waals surface area (Å²) in [4.78, 5) is 13.9. The standard InChI is InChI=1S/C17H23NO2/c1-3-15-8-10-16(11-9-15)13-20-14(2)18-12-6-4-5-7-17(18)19/h3,8-11,14H,1,4-7,12-13H2,2H3. The Hall–Kier alpha value is -1.61. The number of hydrogen-bond acceptors (Lipinski definition) is 2. The molecule has 1 aliphatic rings. The Morgan fingerprint density at radius 3 is 2.75 bits per heavy atom. The zero-order valence-corrected chi connectivity index (χ0v) is 12.2. The third kappa shape index (κ3) is 3.94. The lowest BCUT2D eigenvalue weighted by molar-refractivity contribution is -0.145. The van der Waals surface area contributed by atoms with E-state index in [2.05, 4.69) is 6.58 Å². The smallest absolute Gasteiger partial charge is 0.224 e. The minimum Gasteiger partial charge on any atom is -0.354 e. The lowest BCUT2D eigenvalue weighted by atomic mass is 10.1. The number of benzene rings is 1. The van der Waals surface area contributed by atoms with Crippen LogP contribution in [-0.2, 0) is 16.1 Å². The van der Waals surface area contributed by atoms with Crippen molar-refractivity contribution < 1.29 is 9.53 Å². The van der Waals surface area contributed by atoms with Crippen molar-refractivity contribution in [3.63, 3.8) is 0 Å². The highest BCUT2D eigenvalue weighted by Gasteiger charge is 2.22. The van der Waals surface area contributed by atoms with Crippen LogP contribution >= 0.6 is 0 Å². The van der Waals surface area contributed by atoms with Gasteiger partial charge in [0, 0.05) is 13.0 Å². The van der Waals surface area contributed by atoms with Crippen LogP contribution in [0.1, 0.15) is 43.7 Å². The van der Waals surface area contributed by atoms with Crippen molar-refractivity contribution in [1.29, 1.82) is 0 Å². The summed E-state index contributed by atoms with van der Waals surface area (Å²) >= 11 is 0. The summed E-state index contributed by atoms with van der Waals surface area (Å²) in [6.07, 6.45) is 5.54. The van der Waals surface area contributed by atoms with Crippen molar-refractivity contribution in [3.8, 4) is 0 Å². The van der Waals surface area contributed by atoms with Gasteiger partial charge in [0.05, 0.1) is 6.61 Å². The summed E-state index contributed by atoms with van der Waals surface area (Å²) in [5.41, 5.74) is 2.22. The van der Waals surface area contributed by atoms with Crippen molar-refractivity contribution in [2.45, 2.75) is 45.4 Å². The summed E-state index contributed by atoms with van der Waals surface area (Å²) in [7, 11) is 0. The molecular weight excluding hydrogens is 250 g/mol. The van der Waals surface area contributed by atoms with Crippen LogP contribution in [0.15, 0.2) is 30.8 Å². The molecule has 0 spiro atoms. The fraction of sp³-hybridized carbons (Fsp3) is 0.471. The average Bonchev–Trinajstić information content (AvgIpc) is 2.70. The molecule has 0 N–H and O–H groups in total.